The van der Waals surface area contributed by atoms with Crippen LogP contribution in [0.5, 0.6) is 0 Å². The number of aryl methyl sites for hydroxylation is 2. The van der Waals surface area contributed by atoms with E-state index >= 15 is 0 Å². The van der Waals surface area contributed by atoms with E-state index in [1.165, 1.54) is 6.07 Å². The van der Waals surface area contributed by atoms with Crippen molar-refractivity contribution < 1.29 is 9.90 Å². The highest BCUT2D eigenvalue weighted by Gasteiger charge is 2.36. The molecule has 6 heteroatoms. The second kappa shape index (κ2) is 7.41. The minimum Gasteiger partial charge on any atom is -0.383 e. The number of hydrogen-bond donors (Lipinski definition) is 1. The van der Waals surface area contributed by atoms with Crippen LogP contribution in [0.15, 0.2) is 41.3 Å². The number of rotatable bonds is 4. The highest BCUT2D eigenvalue weighted by molar-refractivity contribution is 5.76. The third-order valence-corrected chi connectivity index (χ3v) is 5.15. The van der Waals surface area contributed by atoms with Gasteiger partial charge in [0.1, 0.15) is 5.60 Å². The third-order valence-electron chi connectivity index (χ3n) is 5.15. The Morgan fingerprint density at radius 1 is 1.19 bits per heavy atom. The van der Waals surface area contributed by atoms with Crippen LogP contribution in [0.4, 0.5) is 0 Å². The zero-order chi connectivity index (χ0) is 18.7. The molecule has 0 radical (unpaired) electrons. The van der Waals surface area contributed by atoms with Crippen molar-refractivity contribution in [1.29, 1.82) is 0 Å². The van der Waals surface area contributed by atoms with Gasteiger partial charge in [0.15, 0.2) is 0 Å². The molecule has 0 atom stereocenters. The SMILES string of the molecule is Cc1ccc(C2(O)CCN(C(=O)CCn3c(C)cccc3=O)CC2)nc1. The van der Waals surface area contributed by atoms with Crippen molar-refractivity contribution in [2.45, 2.75) is 45.3 Å². The van der Waals surface area contributed by atoms with Gasteiger partial charge >= 0.3 is 0 Å². The first-order valence-corrected chi connectivity index (χ1v) is 8.99. The van der Waals surface area contributed by atoms with E-state index in [9.17, 15) is 14.7 Å². The minimum absolute atomic E-state index is 0.0130. The molecule has 2 aromatic rings. The van der Waals surface area contributed by atoms with Gasteiger partial charge < -0.3 is 14.6 Å². The summed E-state index contributed by atoms with van der Waals surface area (Å²) in [5.41, 5.74) is 1.51. The maximum atomic E-state index is 12.5. The highest BCUT2D eigenvalue weighted by Crippen LogP contribution is 2.31. The van der Waals surface area contributed by atoms with Crippen molar-refractivity contribution in [2.75, 3.05) is 13.1 Å². The highest BCUT2D eigenvalue weighted by atomic mass is 16.3. The number of piperidine rings is 1. The fourth-order valence-corrected chi connectivity index (χ4v) is 3.40. The number of carbonyl (C=O) groups is 1. The van der Waals surface area contributed by atoms with Gasteiger partial charge in [-0.1, -0.05) is 12.1 Å². The van der Waals surface area contributed by atoms with Crippen LogP contribution in [0.3, 0.4) is 0 Å². The van der Waals surface area contributed by atoms with E-state index in [0.29, 0.717) is 38.2 Å². The zero-order valence-electron chi connectivity index (χ0n) is 15.3. The van der Waals surface area contributed by atoms with Gasteiger partial charge in [-0.05, 0) is 44.4 Å². The van der Waals surface area contributed by atoms with Crippen LogP contribution in [0, 0.1) is 13.8 Å². The lowest BCUT2D eigenvalue weighted by Gasteiger charge is -2.38. The predicted octanol–water partition coefficient (Wildman–Crippen LogP) is 1.76. The monoisotopic (exact) mass is 355 g/mol. The molecule has 6 nitrogen and oxygen atoms in total. The molecule has 1 N–H and O–H groups in total. The molecule has 0 unspecified atom stereocenters. The van der Waals surface area contributed by atoms with Gasteiger partial charge in [0.2, 0.25) is 5.91 Å². The van der Waals surface area contributed by atoms with Gasteiger partial charge in [-0.25, -0.2) is 0 Å². The van der Waals surface area contributed by atoms with Crippen molar-refractivity contribution in [3.63, 3.8) is 0 Å². The Morgan fingerprint density at radius 3 is 2.54 bits per heavy atom. The quantitative estimate of drug-likeness (QED) is 0.907. The Labute approximate surface area is 153 Å². The van der Waals surface area contributed by atoms with Crippen LogP contribution in [-0.2, 0) is 16.9 Å². The van der Waals surface area contributed by atoms with Crippen molar-refractivity contribution in [2.24, 2.45) is 0 Å². The number of aliphatic hydroxyl groups is 1. The van der Waals surface area contributed by atoms with E-state index in [1.54, 1.807) is 21.7 Å². The van der Waals surface area contributed by atoms with Gasteiger partial charge in [0.25, 0.3) is 5.56 Å². The van der Waals surface area contributed by atoms with Crippen LogP contribution in [0.1, 0.15) is 36.2 Å². The fraction of sp³-hybridized carbons (Fsp3) is 0.450. The Bertz CT molecular complexity index is 834. The number of amides is 1. The van der Waals surface area contributed by atoms with Crippen LogP contribution in [-0.4, -0.2) is 38.6 Å². The van der Waals surface area contributed by atoms with Crippen molar-refractivity contribution in [1.82, 2.24) is 14.5 Å². The molecule has 138 valence electrons. The summed E-state index contributed by atoms with van der Waals surface area (Å²) in [4.78, 5) is 30.5. The number of nitrogens with zero attached hydrogens (tertiary/aromatic N) is 3. The first kappa shape index (κ1) is 18.3. The second-order valence-electron chi connectivity index (χ2n) is 7.04. The number of pyridine rings is 2. The van der Waals surface area contributed by atoms with Crippen molar-refractivity contribution >= 4 is 5.91 Å². The lowest BCUT2D eigenvalue weighted by atomic mass is 9.87. The molecule has 3 heterocycles. The topological polar surface area (TPSA) is 75.4 Å². The van der Waals surface area contributed by atoms with Gasteiger partial charge in [-0.15, -0.1) is 0 Å². The lowest BCUT2D eigenvalue weighted by molar-refractivity contribution is -0.136. The second-order valence-corrected chi connectivity index (χ2v) is 7.04. The van der Waals surface area contributed by atoms with E-state index < -0.39 is 5.60 Å². The van der Waals surface area contributed by atoms with Crippen LogP contribution < -0.4 is 5.56 Å². The molecule has 3 rings (SSSR count). The largest absolute Gasteiger partial charge is 0.383 e. The molecule has 1 aliphatic heterocycles. The molecule has 1 fully saturated rings. The summed E-state index contributed by atoms with van der Waals surface area (Å²) in [6.45, 7) is 5.19. The Balaban J connectivity index is 1.58. The van der Waals surface area contributed by atoms with Crippen molar-refractivity contribution in [3.8, 4) is 0 Å². The molecule has 2 aromatic heterocycles. The number of carbonyl (C=O) groups excluding carboxylic acids is 1. The van der Waals surface area contributed by atoms with Crippen LogP contribution >= 0.6 is 0 Å². The van der Waals surface area contributed by atoms with Crippen molar-refractivity contribution in [3.05, 3.63) is 63.8 Å². The van der Waals surface area contributed by atoms with E-state index in [1.807, 2.05) is 32.0 Å². The van der Waals surface area contributed by atoms with Gasteiger partial charge in [-0.3, -0.25) is 14.6 Å². The Kier molecular flexibility index (Phi) is 5.23. The first-order chi connectivity index (χ1) is 12.4. The fourth-order valence-electron chi connectivity index (χ4n) is 3.40. The molecule has 26 heavy (non-hydrogen) atoms. The molecule has 0 aromatic carbocycles. The minimum atomic E-state index is -0.975. The average Bonchev–Trinajstić information content (AvgIpc) is 2.62. The molecule has 0 spiro atoms. The summed E-state index contributed by atoms with van der Waals surface area (Å²) in [5.74, 6) is 0.0130. The molecule has 0 bridgehead atoms. The van der Waals surface area contributed by atoms with Crippen LogP contribution in [0.2, 0.25) is 0 Å². The van der Waals surface area contributed by atoms with Crippen LogP contribution in [0.25, 0.3) is 0 Å². The summed E-state index contributed by atoms with van der Waals surface area (Å²) in [5, 5.41) is 10.9. The summed E-state index contributed by atoms with van der Waals surface area (Å²) in [6.07, 6.45) is 2.98. The predicted molar refractivity (Wildman–Crippen MR) is 98.7 cm³/mol. The number of aromatic nitrogens is 2. The maximum absolute atomic E-state index is 12.5. The molecule has 1 aliphatic rings. The average molecular weight is 355 g/mol. The zero-order valence-corrected chi connectivity index (χ0v) is 15.3. The molecule has 0 saturated carbocycles. The Morgan fingerprint density at radius 2 is 1.92 bits per heavy atom. The molecular formula is C20H25N3O3. The van der Waals surface area contributed by atoms with E-state index in [4.69, 9.17) is 0 Å². The van der Waals surface area contributed by atoms with Gasteiger partial charge in [-0.2, -0.15) is 0 Å². The molecule has 0 aliphatic carbocycles. The lowest BCUT2D eigenvalue weighted by Crippen LogP contribution is -2.45. The molecular weight excluding hydrogens is 330 g/mol. The van der Waals surface area contributed by atoms with E-state index in [0.717, 1.165) is 11.3 Å². The molecule has 1 saturated heterocycles. The summed E-state index contributed by atoms with van der Waals surface area (Å²) < 4.78 is 1.62. The third kappa shape index (κ3) is 3.85. The maximum Gasteiger partial charge on any atom is 0.250 e. The summed E-state index contributed by atoms with van der Waals surface area (Å²) in [6, 6.07) is 8.89. The summed E-state index contributed by atoms with van der Waals surface area (Å²) in [7, 11) is 0. The van der Waals surface area contributed by atoms with E-state index in [2.05, 4.69) is 4.98 Å². The standard InChI is InChI=1S/C20H25N3O3/c1-15-6-7-17(21-14-15)20(26)9-12-22(13-10-20)18(24)8-11-23-16(2)4-3-5-19(23)25/h3-7,14,26H,8-13H2,1-2H3. The van der Waals surface area contributed by atoms with Gasteiger partial charge in [0.05, 0.1) is 5.69 Å². The van der Waals surface area contributed by atoms with Gasteiger partial charge in [0, 0.05) is 44.0 Å². The number of likely N-dealkylation sites (tertiary alicyclic amines) is 1. The number of hydrogen-bond acceptors (Lipinski definition) is 4. The summed E-state index contributed by atoms with van der Waals surface area (Å²) >= 11 is 0. The smallest absolute Gasteiger partial charge is 0.250 e. The Hall–Kier alpha value is -2.47. The first-order valence-electron chi connectivity index (χ1n) is 8.99. The molecule has 1 amide bonds. The normalized spacial score (nSPS) is 16.5. The van der Waals surface area contributed by atoms with E-state index in [-0.39, 0.29) is 17.9 Å².